The second kappa shape index (κ2) is 8.63. The molecular weight excluding hydrogens is 357 g/mol. The predicted octanol–water partition coefficient (Wildman–Crippen LogP) is 0.0287. The van der Waals surface area contributed by atoms with Gasteiger partial charge in [0.05, 0.1) is 5.92 Å². The summed E-state index contributed by atoms with van der Waals surface area (Å²) in [4.78, 5) is 20.7. The number of amides is 1. The zero-order chi connectivity index (χ0) is 17.5. The molecule has 0 saturated heterocycles. The molecule has 0 aliphatic heterocycles. The summed E-state index contributed by atoms with van der Waals surface area (Å²) in [6.07, 6.45) is 0.718. The van der Waals surface area contributed by atoms with E-state index in [1.54, 1.807) is 6.92 Å². The molecule has 1 aromatic carbocycles. The third-order valence-electron chi connectivity index (χ3n) is 2.67. The summed E-state index contributed by atoms with van der Waals surface area (Å²) < 4.78 is 28.8. The Kier molecular flexibility index (Phi) is 7.93. The monoisotopic (exact) mass is 377 g/mol. The Balaban J connectivity index is 0.000000534. The van der Waals surface area contributed by atoms with Crippen LogP contribution in [0.2, 0.25) is 0 Å². The fourth-order valence-corrected chi connectivity index (χ4v) is 2.81. The van der Waals surface area contributed by atoms with Crippen molar-refractivity contribution in [2.45, 2.75) is 27.2 Å². The Labute approximate surface area is 130 Å². The third-order valence-corrected chi connectivity index (χ3v) is 4.77. The van der Waals surface area contributed by atoms with Gasteiger partial charge in [-0.1, -0.05) is 13.8 Å². The van der Waals surface area contributed by atoms with Crippen LogP contribution in [0, 0.1) is 5.92 Å². The van der Waals surface area contributed by atoms with E-state index < -0.39 is 26.0 Å². The average molecular weight is 377 g/mol. The fraction of sp³-hybridized carbons (Fsp3) is 0.385. The molecule has 1 atom stereocenters. The molecule has 0 aliphatic carbocycles. The maximum Gasteiger partial charge on any atom is 0.306 e. The van der Waals surface area contributed by atoms with E-state index in [9.17, 15) is 18.4 Å². The SMILES string of the molecule is CC(=O)Nc1c(O)cccc1[As](=O)(O)O.CCC(C)C(=O)O. The number of para-hydroxylation sites is 1. The minimum absolute atomic E-state index is 0.181. The van der Waals surface area contributed by atoms with Crippen LogP contribution < -0.4 is 9.67 Å². The molecule has 0 fully saturated rings. The van der Waals surface area contributed by atoms with Gasteiger partial charge in [-0.15, -0.1) is 0 Å². The molecule has 0 heterocycles. The maximum atomic E-state index is 11.1. The summed E-state index contributed by atoms with van der Waals surface area (Å²) in [5.41, 5.74) is -0.225. The van der Waals surface area contributed by atoms with Gasteiger partial charge < -0.3 is 5.11 Å². The number of aromatic hydroxyl groups is 1. The Morgan fingerprint density at radius 2 is 1.86 bits per heavy atom. The first kappa shape index (κ1) is 20.2. The van der Waals surface area contributed by atoms with Crippen LogP contribution in [-0.4, -0.2) is 44.5 Å². The Morgan fingerprint density at radius 3 is 2.18 bits per heavy atom. The molecule has 1 unspecified atom stereocenters. The van der Waals surface area contributed by atoms with Gasteiger partial charge in [-0.25, -0.2) is 0 Å². The van der Waals surface area contributed by atoms with E-state index in [4.69, 9.17) is 13.3 Å². The first-order valence-electron chi connectivity index (χ1n) is 6.39. The largest absolute Gasteiger partial charge is 0.481 e. The van der Waals surface area contributed by atoms with Gasteiger partial charge in [0.2, 0.25) is 0 Å². The number of phenolic OH excluding ortho intramolecular Hbond substituents is 1. The summed E-state index contributed by atoms with van der Waals surface area (Å²) in [5, 5.41) is 19.7. The van der Waals surface area contributed by atoms with Crippen LogP contribution in [0.15, 0.2) is 18.2 Å². The predicted molar refractivity (Wildman–Crippen MR) is 80.0 cm³/mol. The van der Waals surface area contributed by atoms with Gasteiger partial charge in [-0.3, -0.25) is 4.79 Å². The second-order valence-electron chi connectivity index (χ2n) is 4.54. The minimum atomic E-state index is -5.14. The van der Waals surface area contributed by atoms with Crippen LogP contribution in [0.4, 0.5) is 5.69 Å². The zero-order valence-corrected chi connectivity index (χ0v) is 14.4. The van der Waals surface area contributed by atoms with Crippen LogP contribution in [0.3, 0.4) is 0 Å². The molecule has 0 bridgehead atoms. The number of carbonyl (C=O) groups is 2. The van der Waals surface area contributed by atoms with Crippen LogP contribution in [0.1, 0.15) is 27.2 Å². The fourth-order valence-electron chi connectivity index (χ4n) is 1.25. The van der Waals surface area contributed by atoms with E-state index in [0.29, 0.717) is 0 Å². The van der Waals surface area contributed by atoms with Crippen molar-refractivity contribution in [2.24, 2.45) is 5.92 Å². The number of hydrogen-bond acceptors (Lipinski definition) is 4. The normalized spacial score (nSPS) is 11.9. The number of nitrogens with one attached hydrogen (secondary N) is 1. The standard InChI is InChI=1S/C8H10AsNO5.C5H10O2/c1-5(11)10-8-6(9(13,14)15)3-2-4-7(8)12;1-3-4(2)5(6)7/h2-4,12H,1H3,(H,10,11)(H2,13,14,15);4H,3H2,1-2H3,(H,6,7). The molecule has 0 spiro atoms. The van der Waals surface area contributed by atoms with E-state index in [-0.39, 0.29) is 21.7 Å². The van der Waals surface area contributed by atoms with Gasteiger partial charge in [0.15, 0.2) is 0 Å². The van der Waals surface area contributed by atoms with Crippen LogP contribution in [0.5, 0.6) is 5.75 Å². The average Bonchev–Trinajstić information content (AvgIpc) is 2.39. The number of hydrogen-bond donors (Lipinski definition) is 5. The summed E-state index contributed by atoms with van der Waals surface area (Å²) >= 11 is -5.14. The van der Waals surface area contributed by atoms with Gasteiger partial charge in [-0.2, -0.15) is 0 Å². The molecule has 0 saturated carbocycles. The number of aliphatic carboxylic acids is 1. The third kappa shape index (κ3) is 6.80. The molecule has 8 nitrogen and oxygen atoms in total. The molecular formula is C13H20AsNO7. The van der Waals surface area contributed by atoms with Crippen molar-refractivity contribution in [1.29, 1.82) is 0 Å². The van der Waals surface area contributed by atoms with Crippen molar-refractivity contribution >= 4 is 36.1 Å². The number of carboxylic acids is 1. The van der Waals surface area contributed by atoms with Crippen LogP contribution in [-0.2, 0) is 13.3 Å². The maximum absolute atomic E-state index is 11.1. The molecule has 0 aliphatic rings. The number of anilines is 1. The number of benzene rings is 1. The first-order chi connectivity index (χ1) is 10.0. The zero-order valence-electron chi connectivity index (χ0n) is 12.5. The van der Waals surface area contributed by atoms with Crippen LogP contribution in [0.25, 0.3) is 0 Å². The molecule has 0 aromatic heterocycles. The smallest absolute Gasteiger partial charge is 0.306 e. The summed E-state index contributed by atoms with van der Waals surface area (Å²) in [6.45, 7) is 4.74. The second-order valence-corrected chi connectivity index (χ2v) is 7.84. The molecule has 1 aromatic rings. The van der Waals surface area contributed by atoms with E-state index >= 15 is 0 Å². The van der Waals surface area contributed by atoms with Crippen LogP contribution >= 0.6 is 0 Å². The van der Waals surface area contributed by atoms with Crippen molar-refractivity contribution in [3.8, 4) is 5.75 Å². The van der Waals surface area contributed by atoms with E-state index in [1.807, 2.05) is 6.92 Å². The molecule has 5 N–H and O–H groups in total. The van der Waals surface area contributed by atoms with Gasteiger partial charge in [0.1, 0.15) is 0 Å². The summed E-state index contributed by atoms with van der Waals surface area (Å²) in [5.74, 6) is -1.77. The van der Waals surface area contributed by atoms with Gasteiger partial charge in [-0.05, 0) is 6.42 Å². The summed E-state index contributed by atoms with van der Waals surface area (Å²) in [6, 6.07) is 3.71. The quantitative estimate of drug-likeness (QED) is 0.368. The molecule has 1 rings (SSSR count). The number of carboxylic acid groups (broad SMARTS) is 1. The van der Waals surface area contributed by atoms with E-state index in [1.165, 1.54) is 25.1 Å². The van der Waals surface area contributed by atoms with Gasteiger partial charge in [0.25, 0.3) is 0 Å². The van der Waals surface area contributed by atoms with Crippen molar-refractivity contribution in [1.82, 2.24) is 0 Å². The molecule has 22 heavy (non-hydrogen) atoms. The topological polar surface area (TPSA) is 144 Å². The number of carbonyl (C=O) groups excluding carboxylic acids is 1. The molecule has 124 valence electrons. The molecule has 9 heteroatoms. The van der Waals surface area contributed by atoms with Crippen molar-refractivity contribution < 1.29 is 31.7 Å². The number of rotatable bonds is 4. The Bertz CT molecular complexity index is 582. The Morgan fingerprint density at radius 1 is 1.32 bits per heavy atom. The van der Waals surface area contributed by atoms with Gasteiger partial charge in [0, 0.05) is 0 Å². The minimum Gasteiger partial charge on any atom is -0.481 e. The van der Waals surface area contributed by atoms with Crippen molar-refractivity contribution in [3.63, 3.8) is 0 Å². The van der Waals surface area contributed by atoms with E-state index in [0.717, 1.165) is 6.42 Å². The van der Waals surface area contributed by atoms with E-state index in [2.05, 4.69) is 5.32 Å². The number of phenols is 1. The summed E-state index contributed by atoms with van der Waals surface area (Å²) in [7, 11) is 0. The molecule has 1 amide bonds. The Hall–Kier alpha value is -1.76. The van der Waals surface area contributed by atoms with Crippen molar-refractivity contribution in [3.05, 3.63) is 18.2 Å². The first-order valence-corrected chi connectivity index (χ1v) is 9.77. The van der Waals surface area contributed by atoms with Gasteiger partial charge >= 0.3 is 94.1 Å². The van der Waals surface area contributed by atoms with Crippen molar-refractivity contribution in [2.75, 3.05) is 5.32 Å². The molecule has 0 radical (unpaired) electrons.